The zero-order valence-corrected chi connectivity index (χ0v) is 12.2. The molecule has 23 heavy (non-hydrogen) atoms. The number of aromatic nitrogens is 2. The minimum atomic E-state index is -0.824. The maximum Gasteiger partial charge on any atom is 0.220 e. The van der Waals surface area contributed by atoms with Crippen LogP contribution in [0, 0.1) is 11.3 Å². The van der Waals surface area contributed by atoms with E-state index in [1.807, 2.05) is 54.6 Å². The summed E-state index contributed by atoms with van der Waals surface area (Å²) in [5.41, 5.74) is 8.48. The van der Waals surface area contributed by atoms with Crippen LogP contribution in [0.4, 0.5) is 5.95 Å². The Kier molecular flexibility index (Phi) is 4.00. The molecule has 0 fully saturated rings. The average molecular weight is 302 g/mol. The lowest BCUT2D eigenvalue weighted by Gasteiger charge is -2.16. The number of hydrogen-bond acceptors (Lipinski definition) is 5. The molecule has 0 saturated heterocycles. The molecule has 5 nitrogen and oxygen atoms in total. The third-order valence-electron chi connectivity index (χ3n) is 3.55. The lowest BCUT2D eigenvalue weighted by molar-refractivity contribution is 0.221. The Balaban J connectivity index is 2.16. The molecule has 1 unspecified atom stereocenters. The molecule has 0 aliphatic rings. The summed E-state index contributed by atoms with van der Waals surface area (Å²) >= 11 is 0. The highest BCUT2D eigenvalue weighted by Gasteiger charge is 2.18. The van der Waals surface area contributed by atoms with E-state index in [0.29, 0.717) is 22.4 Å². The number of aliphatic hydroxyl groups is 1. The van der Waals surface area contributed by atoms with Gasteiger partial charge in [-0.1, -0.05) is 54.6 Å². The van der Waals surface area contributed by atoms with Crippen LogP contribution in [0.25, 0.3) is 11.3 Å². The summed E-state index contributed by atoms with van der Waals surface area (Å²) in [6.45, 7) is 0. The van der Waals surface area contributed by atoms with Gasteiger partial charge in [0.15, 0.2) is 0 Å². The summed E-state index contributed by atoms with van der Waals surface area (Å²) < 4.78 is 0. The van der Waals surface area contributed by atoms with Gasteiger partial charge in [0, 0.05) is 5.56 Å². The molecular weight excluding hydrogens is 288 g/mol. The second kappa shape index (κ2) is 6.26. The number of rotatable bonds is 3. The fourth-order valence-corrected chi connectivity index (χ4v) is 2.45. The fourth-order valence-electron chi connectivity index (χ4n) is 2.45. The minimum absolute atomic E-state index is 0.0861. The zero-order chi connectivity index (χ0) is 16.2. The summed E-state index contributed by atoms with van der Waals surface area (Å²) in [4.78, 5) is 8.03. The van der Waals surface area contributed by atoms with E-state index in [-0.39, 0.29) is 5.95 Å². The number of aliphatic hydroxyl groups excluding tert-OH is 1. The lowest BCUT2D eigenvalue weighted by atomic mass is 9.94. The minimum Gasteiger partial charge on any atom is -0.384 e. The van der Waals surface area contributed by atoms with E-state index in [1.165, 1.54) is 6.20 Å². The van der Waals surface area contributed by atoms with Crippen molar-refractivity contribution in [1.82, 2.24) is 9.97 Å². The summed E-state index contributed by atoms with van der Waals surface area (Å²) in [6, 6.07) is 18.7. The van der Waals surface area contributed by atoms with Gasteiger partial charge in [0.2, 0.25) is 5.95 Å². The van der Waals surface area contributed by atoms with Crippen molar-refractivity contribution in [3.05, 3.63) is 77.5 Å². The number of nitriles is 1. The number of nitrogens with two attached hydrogens (primary N) is 1. The Morgan fingerprint density at radius 1 is 1.04 bits per heavy atom. The van der Waals surface area contributed by atoms with Crippen molar-refractivity contribution in [2.75, 3.05) is 5.73 Å². The van der Waals surface area contributed by atoms with E-state index in [4.69, 9.17) is 5.73 Å². The summed E-state index contributed by atoms with van der Waals surface area (Å²) in [5, 5.41) is 20.0. The number of nitrogens with zero attached hydrogens (tertiary/aromatic N) is 3. The third-order valence-corrected chi connectivity index (χ3v) is 3.55. The van der Waals surface area contributed by atoms with Crippen molar-refractivity contribution >= 4 is 5.95 Å². The first-order valence-corrected chi connectivity index (χ1v) is 7.05. The molecule has 112 valence electrons. The van der Waals surface area contributed by atoms with Crippen LogP contribution in [0.15, 0.2) is 60.8 Å². The average Bonchev–Trinajstić information content (AvgIpc) is 2.62. The van der Waals surface area contributed by atoms with Crippen molar-refractivity contribution in [3.63, 3.8) is 0 Å². The number of benzene rings is 2. The Morgan fingerprint density at radius 2 is 1.74 bits per heavy atom. The van der Waals surface area contributed by atoms with E-state index in [9.17, 15) is 10.4 Å². The quantitative estimate of drug-likeness (QED) is 0.775. The molecule has 0 aliphatic heterocycles. The van der Waals surface area contributed by atoms with Crippen LogP contribution < -0.4 is 5.73 Å². The second-order valence-corrected chi connectivity index (χ2v) is 5.00. The molecule has 1 atom stereocenters. The zero-order valence-electron chi connectivity index (χ0n) is 12.2. The molecule has 3 rings (SSSR count). The molecule has 0 aliphatic carbocycles. The first-order valence-electron chi connectivity index (χ1n) is 7.05. The van der Waals surface area contributed by atoms with Gasteiger partial charge in [0.1, 0.15) is 12.2 Å². The Labute approximate surface area is 133 Å². The van der Waals surface area contributed by atoms with Gasteiger partial charge in [-0.3, -0.25) is 0 Å². The van der Waals surface area contributed by atoms with E-state index in [2.05, 4.69) is 16.0 Å². The van der Waals surface area contributed by atoms with Crippen molar-refractivity contribution in [2.45, 2.75) is 6.10 Å². The topological polar surface area (TPSA) is 95.8 Å². The van der Waals surface area contributed by atoms with Crippen molar-refractivity contribution in [1.29, 1.82) is 5.26 Å². The number of hydrogen-bond donors (Lipinski definition) is 2. The van der Waals surface area contributed by atoms with E-state index in [1.54, 1.807) is 0 Å². The highest BCUT2D eigenvalue weighted by atomic mass is 16.3. The van der Waals surface area contributed by atoms with Crippen LogP contribution >= 0.6 is 0 Å². The van der Waals surface area contributed by atoms with Gasteiger partial charge in [-0.05, 0) is 11.1 Å². The van der Waals surface area contributed by atoms with E-state index in [0.717, 1.165) is 5.56 Å². The van der Waals surface area contributed by atoms with Crippen LogP contribution in [-0.4, -0.2) is 15.1 Å². The van der Waals surface area contributed by atoms with Gasteiger partial charge in [-0.2, -0.15) is 5.26 Å². The molecule has 0 spiro atoms. The van der Waals surface area contributed by atoms with E-state index >= 15 is 0 Å². The van der Waals surface area contributed by atoms with Gasteiger partial charge in [0.25, 0.3) is 0 Å². The first-order chi connectivity index (χ1) is 11.2. The van der Waals surface area contributed by atoms with Crippen LogP contribution in [0.2, 0.25) is 0 Å². The third kappa shape index (κ3) is 2.89. The van der Waals surface area contributed by atoms with Gasteiger partial charge < -0.3 is 10.8 Å². The molecule has 1 aromatic heterocycles. The summed E-state index contributed by atoms with van der Waals surface area (Å²) in [7, 11) is 0. The van der Waals surface area contributed by atoms with Crippen LogP contribution in [0.1, 0.15) is 22.8 Å². The normalized spacial score (nSPS) is 11.7. The molecule has 3 aromatic rings. The van der Waals surface area contributed by atoms with Crippen molar-refractivity contribution in [2.24, 2.45) is 0 Å². The molecule has 5 heteroatoms. The van der Waals surface area contributed by atoms with Crippen LogP contribution in [0.5, 0.6) is 0 Å². The SMILES string of the molecule is N#Cc1cnc(N)nc1-c1ccccc1C(O)c1ccccc1. The largest absolute Gasteiger partial charge is 0.384 e. The van der Waals surface area contributed by atoms with E-state index < -0.39 is 6.10 Å². The molecule has 0 bridgehead atoms. The van der Waals surface area contributed by atoms with Crippen LogP contribution in [-0.2, 0) is 0 Å². The molecule has 0 amide bonds. The van der Waals surface area contributed by atoms with Gasteiger partial charge >= 0.3 is 0 Å². The molecule has 0 saturated carbocycles. The Morgan fingerprint density at radius 3 is 2.48 bits per heavy atom. The van der Waals surface area contributed by atoms with Crippen molar-refractivity contribution < 1.29 is 5.11 Å². The molecular formula is C18H14N4O. The van der Waals surface area contributed by atoms with Gasteiger partial charge in [-0.25, -0.2) is 9.97 Å². The standard InChI is InChI=1S/C18H14N4O/c19-10-13-11-21-18(20)22-16(13)14-8-4-5-9-15(14)17(23)12-6-2-1-3-7-12/h1-9,11,17,23H,(H2,20,21,22). The number of nitrogen functional groups attached to an aromatic ring is 1. The maximum atomic E-state index is 10.7. The molecule has 1 heterocycles. The fraction of sp³-hybridized carbons (Fsp3) is 0.0556. The summed E-state index contributed by atoms with van der Waals surface area (Å²) in [5.74, 6) is 0.0861. The highest BCUT2D eigenvalue weighted by molar-refractivity contribution is 5.71. The Hall–Kier alpha value is -3.23. The highest BCUT2D eigenvalue weighted by Crippen LogP contribution is 2.32. The predicted molar refractivity (Wildman–Crippen MR) is 87.1 cm³/mol. The smallest absolute Gasteiger partial charge is 0.220 e. The number of anilines is 1. The first kappa shape index (κ1) is 14.7. The monoisotopic (exact) mass is 302 g/mol. The van der Waals surface area contributed by atoms with Gasteiger partial charge in [-0.15, -0.1) is 0 Å². The molecule has 3 N–H and O–H groups in total. The van der Waals surface area contributed by atoms with Crippen molar-refractivity contribution in [3.8, 4) is 17.3 Å². The Bertz CT molecular complexity index is 872. The molecule has 2 aromatic carbocycles. The lowest BCUT2D eigenvalue weighted by Crippen LogP contribution is -2.05. The predicted octanol–water partition coefficient (Wildman–Crippen LogP) is 2.68. The molecule has 0 radical (unpaired) electrons. The maximum absolute atomic E-state index is 10.7. The summed E-state index contributed by atoms with van der Waals surface area (Å²) in [6.07, 6.45) is 0.568. The second-order valence-electron chi connectivity index (χ2n) is 5.00. The van der Waals surface area contributed by atoms with Gasteiger partial charge in [0.05, 0.1) is 17.5 Å². The van der Waals surface area contributed by atoms with Crippen LogP contribution in [0.3, 0.4) is 0 Å².